The highest BCUT2D eigenvalue weighted by molar-refractivity contribution is 5.69. The topological polar surface area (TPSA) is 53.0 Å². The fourth-order valence-corrected chi connectivity index (χ4v) is 2.17. The second-order valence-corrected chi connectivity index (χ2v) is 4.61. The lowest BCUT2D eigenvalue weighted by molar-refractivity contribution is 0.486. The van der Waals surface area contributed by atoms with Crippen molar-refractivity contribution in [2.45, 2.75) is 33.6 Å². The molecule has 98 valence electrons. The van der Waals surface area contributed by atoms with E-state index in [0.29, 0.717) is 17.2 Å². The van der Waals surface area contributed by atoms with Gasteiger partial charge in [-0.15, -0.1) is 0 Å². The lowest BCUT2D eigenvalue weighted by atomic mass is 10.0. The van der Waals surface area contributed by atoms with Crippen LogP contribution in [0.4, 0.5) is 11.4 Å². The van der Waals surface area contributed by atoms with Crippen molar-refractivity contribution in [3.05, 3.63) is 23.8 Å². The molecule has 0 aromatic heterocycles. The molecule has 2 N–H and O–H groups in total. The first kappa shape index (κ1) is 14.4. The van der Waals surface area contributed by atoms with Gasteiger partial charge in [0.15, 0.2) is 0 Å². The second kappa shape index (κ2) is 6.90. The number of nitrogens with two attached hydrogens (primary N) is 1. The Morgan fingerprint density at radius 3 is 2.39 bits per heavy atom. The molecule has 0 heterocycles. The van der Waals surface area contributed by atoms with E-state index in [-0.39, 0.29) is 0 Å². The minimum absolute atomic E-state index is 0.620. The van der Waals surface area contributed by atoms with Crippen LogP contribution in [-0.2, 0) is 0 Å². The van der Waals surface area contributed by atoms with Crippen molar-refractivity contribution in [3.63, 3.8) is 0 Å². The van der Waals surface area contributed by atoms with E-state index in [1.807, 2.05) is 12.1 Å². The van der Waals surface area contributed by atoms with Gasteiger partial charge in [-0.05, 0) is 31.0 Å². The maximum Gasteiger partial charge on any atom is 0.0992 e. The van der Waals surface area contributed by atoms with Crippen molar-refractivity contribution in [1.29, 1.82) is 5.26 Å². The predicted molar refractivity (Wildman–Crippen MR) is 77.5 cm³/mol. The van der Waals surface area contributed by atoms with Crippen LogP contribution in [0.25, 0.3) is 0 Å². The van der Waals surface area contributed by atoms with E-state index in [1.165, 1.54) is 12.8 Å². The van der Waals surface area contributed by atoms with E-state index in [1.54, 1.807) is 6.07 Å². The lowest BCUT2D eigenvalue weighted by Crippen LogP contribution is -2.29. The molecule has 0 fully saturated rings. The first-order chi connectivity index (χ1) is 8.65. The highest BCUT2D eigenvalue weighted by Crippen LogP contribution is 2.25. The third-order valence-corrected chi connectivity index (χ3v) is 3.51. The Hall–Kier alpha value is -1.69. The second-order valence-electron chi connectivity index (χ2n) is 4.61. The molecule has 0 radical (unpaired) electrons. The first-order valence-corrected chi connectivity index (χ1v) is 6.70. The van der Waals surface area contributed by atoms with E-state index < -0.39 is 0 Å². The Balaban J connectivity index is 2.92. The van der Waals surface area contributed by atoms with Gasteiger partial charge in [-0.25, -0.2) is 0 Å². The summed E-state index contributed by atoms with van der Waals surface area (Å²) in [7, 11) is 0. The Morgan fingerprint density at radius 2 is 1.94 bits per heavy atom. The predicted octanol–water partition coefficient (Wildman–Crippen LogP) is 3.40. The van der Waals surface area contributed by atoms with Crippen LogP contribution >= 0.6 is 0 Å². The smallest absolute Gasteiger partial charge is 0.0992 e. The summed E-state index contributed by atoms with van der Waals surface area (Å²) in [4.78, 5) is 2.30. The van der Waals surface area contributed by atoms with Crippen LogP contribution in [0.1, 0.15) is 39.2 Å². The van der Waals surface area contributed by atoms with Crippen LogP contribution in [0, 0.1) is 17.2 Å². The SMILES string of the molecule is CCC(CC)CN(CC)c1ccc(C#N)cc1N. The number of hydrogen-bond acceptors (Lipinski definition) is 3. The van der Waals surface area contributed by atoms with Gasteiger partial charge < -0.3 is 10.6 Å². The molecule has 1 aromatic carbocycles. The van der Waals surface area contributed by atoms with Gasteiger partial charge in [-0.1, -0.05) is 26.7 Å². The zero-order valence-electron chi connectivity index (χ0n) is 11.6. The van der Waals surface area contributed by atoms with Crippen molar-refractivity contribution in [3.8, 4) is 6.07 Å². The molecule has 0 saturated heterocycles. The summed E-state index contributed by atoms with van der Waals surface area (Å²) in [6.07, 6.45) is 2.37. The summed E-state index contributed by atoms with van der Waals surface area (Å²) in [5.41, 5.74) is 8.40. The average molecular weight is 245 g/mol. The van der Waals surface area contributed by atoms with Crippen LogP contribution < -0.4 is 10.6 Å². The van der Waals surface area contributed by atoms with Gasteiger partial charge >= 0.3 is 0 Å². The molecule has 0 aliphatic carbocycles. The molecule has 3 nitrogen and oxygen atoms in total. The molecule has 1 rings (SSSR count). The molecular weight excluding hydrogens is 222 g/mol. The van der Waals surface area contributed by atoms with Crippen LogP contribution in [-0.4, -0.2) is 13.1 Å². The van der Waals surface area contributed by atoms with E-state index in [0.717, 1.165) is 18.8 Å². The number of nitrogens with zero attached hydrogens (tertiary/aromatic N) is 2. The highest BCUT2D eigenvalue weighted by atomic mass is 15.1. The van der Waals surface area contributed by atoms with Gasteiger partial charge in [-0.3, -0.25) is 0 Å². The van der Waals surface area contributed by atoms with E-state index >= 15 is 0 Å². The van der Waals surface area contributed by atoms with Gasteiger partial charge in [0.2, 0.25) is 0 Å². The Kier molecular flexibility index (Phi) is 5.51. The number of anilines is 2. The molecular formula is C15H23N3. The maximum atomic E-state index is 8.85. The molecule has 0 aliphatic rings. The van der Waals surface area contributed by atoms with E-state index in [4.69, 9.17) is 11.0 Å². The minimum atomic E-state index is 0.620. The molecule has 0 bridgehead atoms. The average Bonchev–Trinajstić information content (AvgIpc) is 2.41. The third-order valence-electron chi connectivity index (χ3n) is 3.51. The molecule has 0 aliphatic heterocycles. The monoisotopic (exact) mass is 245 g/mol. The van der Waals surface area contributed by atoms with Gasteiger partial charge in [0, 0.05) is 13.1 Å². The van der Waals surface area contributed by atoms with E-state index in [2.05, 4.69) is 31.7 Å². The van der Waals surface area contributed by atoms with Crippen LogP contribution in [0.15, 0.2) is 18.2 Å². The molecule has 0 unspecified atom stereocenters. The fourth-order valence-electron chi connectivity index (χ4n) is 2.17. The summed E-state index contributed by atoms with van der Waals surface area (Å²) >= 11 is 0. The highest BCUT2D eigenvalue weighted by Gasteiger charge is 2.13. The Labute approximate surface area is 110 Å². The summed E-state index contributed by atoms with van der Waals surface area (Å²) < 4.78 is 0. The molecule has 0 amide bonds. The van der Waals surface area contributed by atoms with Crippen LogP contribution in [0.2, 0.25) is 0 Å². The quantitative estimate of drug-likeness (QED) is 0.781. The van der Waals surface area contributed by atoms with Crippen molar-refractivity contribution < 1.29 is 0 Å². The summed E-state index contributed by atoms with van der Waals surface area (Å²) in [6, 6.07) is 7.66. The summed E-state index contributed by atoms with van der Waals surface area (Å²) in [5.74, 6) is 0.694. The Morgan fingerprint density at radius 1 is 1.28 bits per heavy atom. The van der Waals surface area contributed by atoms with Gasteiger partial charge in [-0.2, -0.15) is 5.26 Å². The molecule has 1 aromatic rings. The number of benzene rings is 1. The largest absolute Gasteiger partial charge is 0.397 e. The molecule has 0 saturated carbocycles. The molecule has 0 spiro atoms. The van der Waals surface area contributed by atoms with Crippen molar-refractivity contribution in [2.75, 3.05) is 23.7 Å². The van der Waals surface area contributed by atoms with E-state index in [9.17, 15) is 0 Å². The minimum Gasteiger partial charge on any atom is -0.397 e. The number of nitrogen functional groups attached to an aromatic ring is 1. The number of hydrogen-bond donors (Lipinski definition) is 1. The van der Waals surface area contributed by atoms with Gasteiger partial charge in [0.05, 0.1) is 23.0 Å². The molecule has 0 atom stereocenters. The fraction of sp³-hybridized carbons (Fsp3) is 0.533. The normalized spacial score (nSPS) is 10.4. The zero-order chi connectivity index (χ0) is 13.5. The van der Waals surface area contributed by atoms with Crippen LogP contribution in [0.5, 0.6) is 0 Å². The zero-order valence-corrected chi connectivity index (χ0v) is 11.6. The van der Waals surface area contributed by atoms with Crippen molar-refractivity contribution in [2.24, 2.45) is 5.92 Å². The summed E-state index contributed by atoms with van der Waals surface area (Å²) in [6.45, 7) is 8.56. The third kappa shape index (κ3) is 3.40. The van der Waals surface area contributed by atoms with Crippen molar-refractivity contribution in [1.82, 2.24) is 0 Å². The van der Waals surface area contributed by atoms with Crippen LogP contribution in [0.3, 0.4) is 0 Å². The number of nitriles is 1. The molecule has 18 heavy (non-hydrogen) atoms. The van der Waals surface area contributed by atoms with Crippen molar-refractivity contribution >= 4 is 11.4 Å². The Bertz CT molecular complexity index is 416. The van der Waals surface area contributed by atoms with Gasteiger partial charge in [0.1, 0.15) is 0 Å². The number of rotatable bonds is 6. The first-order valence-electron chi connectivity index (χ1n) is 6.70. The molecule has 3 heteroatoms. The lowest BCUT2D eigenvalue weighted by Gasteiger charge is -2.28. The summed E-state index contributed by atoms with van der Waals surface area (Å²) in [5, 5.41) is 8.85. The van der Waals surface area contributed by atoms with Gasteiger partial charge in [0.25, 0.3) is 0 Å². The maximum absolute atomic E-state index is 8.85. The standard InChI is InChI=1S/C15H23N3/c1-4-12(5-2)11-18(6-3)15-8-7-13(10-16)9-14(15)17/h7-9,12H,4-6,11,17H2,1-3H3.